The molecule has 158 valence electrons. The fourth-order valence-electron chi connectivity index (χ4n) is 3.83. The zero-order valence-electron chi connectivity index (χ0n) is 17.1. The first kappa shape index (κ1) is 20.0. The summed E-state index contributed by atoms with van der Waals surface area (Å²) in [6.45, 7) is 6.49. The molecule has 1 saturated heterocycles. The molecule has 1 unspecified atom stereocenters. The summed E-state index contributed by atoms with van der Waals surface area (Å²) < 4.78 is 16.2. The van der Waals surface area contributed by atoms with E-state index in [2.05, 4.69) is 25.3 Å². The lowest BCUT2D eigenvalue weighted by molar-refractivity contribution is 0.0957. The number of anilines is 1. The molecule has 0 radical (unpaired) electrons. The molecule has 1 aliphatic heterocycles. The van der Waals surface area contributed by atoms with E-state index in [4.69, 9.17) is 0 Å². The molecule has 0 aliphatic carbocycles. The van der Waals surface area contributed by atoms with E-state index in [0.717, 1.165) is 18.8 Å². The molecule has 0 bridgehead atoms. The first-order valence-electron chi connectivity index (χ1n) is 9.81. The molecule has 3 aromatic heterocycles. The van der Waals surface area contributed by atoms with Gasteiger partial charge in [0.15, 0.2) is 0 Å². The van der Waals surface area contributed by atoms with Gasteiger partial charge in [-0.2, -0.15) is 9.49 Å². The third-order valence-corrected chi connectivity index (χ3v) is 5.40. The number of pyridine rings is 1. The van der Waals surface area contributed by atoms with Crippen molar-refractivity contribution >= 4 is 17.2 Å². The van der Waals surface area contributed by atoms with Crippen LogP contribution in [0.5, 0.6) is 0 Å². The number of carbonyl (C=O) groups is 1. The second kappa shape index (κ2) is 7.86. The molecule has 0 spiro atoms. The quantitative estimate of drug-likeness (QED) is 0.618. The van der Waals surface area contributed by atoms with Crippen LogP contribution in [0.15, 0.2) is 29.2 Å². The Morgan fingerprint density at radius 2 is 2.17 bits per heavy atom. The Morgan fingerprint density at radius 1 is 1.37 bits per heavy atom. The average Bonchev–Trinajstić information content (AvgIpc) is 3.09. The molecule has 30 heavy (non-hydrogen) atoms. The van der Waals surface area contributed by atoms with Crippen LogP contribution in [0.25, 0.3) is 5.65 Å². The minimum atomic E-state index is -0.643. The Bertz CT molecular complexity index is 1160. The number of aromatic amines is 1. The molecule has 9 nitrogen and oxygen atoms in total. The molecule has 4 heterocycles. The van der Waals surface area contributed by atoms with Gasteiger partial charge in [-0.25, -0.2) is 9.50 Å². The van der Waals surface area contributed by atoms with E-state index >= 15 is 0 Å². The Hall–Kier alpha value is -3.27. The first-order valence-corrected chi connectivity index (χ1v) is 9.81. The summed E-state index contributed by atoms with van der Waals surface area (Å²) in [7, 11) is 1.49. The predicted octanol–water partition coefficient (Wildman–Crippen LogP) is 0.935. The molecular weight excluding hydrogens is 389 g/mol. The Balaban J connectivity index is 1.46. The molecule has 4 rings (SSSR count). The van der Waals surface area contributed by atoms with Crippen LogP contribution in [-0.2, 0) is 6.54 Å². The van der Waals surface area contributed by atoms with E-state index in [-0.39, 0.29) is 17.3 Å². The van der Waals surface area contributed by atoms with Crippen LogP contribution in [0.4, 0.5) is 10.1 Å². The summed E-state index contributed by atoms with van der Waals surface area (Å²) >= 11 is 0. The van der Waals surface area contributed by atoms with E-state index in [1.54, 1.807) is 23.7 Å². The Morgan fingerprint density at radius 3 is 2.87 bits per heavy atom. The number of nitrogens with zero attached hydrogens (tertiary/aromatic N) is 5. The lowest BCUT2D eigenvalue weighted by Gasteiger charge is -2.41. The normalized spacial score (nSPS) is 17.5. The van der Waals surface area contributed by atoms with E-state index in [0.29, 0.717) is 30.0 Å². The van der Waals surface area contributed by atoms with Crippen molar-refractivity contribution in [2.45, 2.75) is 26.4 Å². The fraction of sp³-hybridized carbons (Fsp3) is 0.400. The summed E-state index contributed by atoms with van der Waals surface area (Å²) in [5.74, 6) is -1.06. The zero-order valence-corrected chi connectivity index (χ0v) is 17.1. The average molecular weight is 413 g/mol. The zero-order chi connectivity index (χ0) is 21.4. The summed E-state index contributed by atoms with van der Waals surface area (Å²) in [5, 5.41) is 6.99. The predicted molar refractivity (Wildman–Crippen MR) is 110 cm³/mol. The van der Waals surface area contributed by atoms with Crippen LogP contribution >= 0.6 is 0 Å². The number of nitrogens with one attached hydrogen (secondary N) is 2. The van der Waals surface area contributed by atoms with Gasteiger partial charge in [0.2, 0.25) is 5.95 Å². The number of hydrogen-bond acceptors (Lipinski definition) is 6. The molecular formula is C20H24FN7O2. The number of aromatic nitrogens is 4. The van der Waals surface area contributed by atoms with Crippen LogP contribution in [0.1, 0.15) is 28.7 Å². The SMILES string of the molecule is CNC(=O)c1ccc(N2CCN(Cc3cc4[nH]c(=O)c(C)cn4n3)CC2C)c(F)n1. The van der Waals surface area contributed by atoms with Gasteiger partial charge >= 0.3 is 0 Å². The van der Waals surface area contributed by atoms with E-state index in [9.17, 15) is 14.0 Å². The maximum absolute atomic E-state index is 14.5. The van der Waals surface area contributed by atoms with Gasteiger partial charge in [0.25, 0.3) is 11.5 Å². The van der Waals surface area contributed by atoms with Crippen LogP contribution in [0.2, 0.25) is 0 Å². The molecule has 1 amide bonds. The van der Waals surface area contributed by atoms with Gasteiger partial charge in [-0.15, -0.1) is 0 Å². The van der Waals surface area contributed by atoms with Gasteiger partial charge in [-0.05, 0) is 26.0 Å². The van der Waals surface area contributed by atoms with Gasteiger partial charge in [0.1, 0.15) is 11.3 Å². The van der Waals surface area contributed by atoms with Crippen molar-refractivity contribution in [1.29, 1.82) is 0 Å². The second-order valence-corrected chi connectivity index (χ2v) is 7.59. The number of carbonyl (C=O) groups excluding carboxylic acids is 1. The van der Waals surface area contributed by atoms with Crippen molar-refractivity contribution < 1.29 is 9.18 Å². The van der Waals surface area contributed by atoms with Crippen molar-refractivity contribution in [3.05, 3.63) is 57.6 Å². The molecule has 2 N–H and O–H groups in total. The monoisotopic (exact) mass is 413 g/mol. The van der Waals surface area contributed by atoms with Crippen LogP contribution < -0.4 is 15.8 Å². The lowest BCUT2D eigenvalue weighted by Crippen LogP contribution is -2.52. The van der Waals surface area contributed by atoms with Gasteiger partial charge in [-0.1, -0.05) is 0 Å². The fourth-order valence-corrected chi connectivity index (χ4v) is 3.83. The van der Waals surface area contributed by atoms with E-state index in [1.807, 2.05) is 17.9 Å². The topological polar surface area (TPSA) is 98.6 Å². The van der Waals surface area contributed by atoms with Gasteiger partial charge in [0, 0.05) is 57.1 Å². The van der Waals surface area contributed by atoms with Crippen molar-refractivity contribution in [3.8, 4) is 0 Å². The number of halogens is 1. The van der Waals surface area contributed by atoms with Gasteiger partial charge in [-0.3, -0.25) is 14.5 Å². The van der Waals surface area contributed by atoms with Crippen molar-refractivity contribution in [3.63, 3.8) is 0 Å². The molecule has 10 heteroatoms. The summed E-state index contributed by atoms with van der Waals surface area (Å²) in [6, 6.07) is 5.08. The molecule has 1 fully saturated rings. The first-order chi connectivity index (χ1) is 14.4. The van der Waals surface area contributed by atoms with Crippen molar-refractivity contribution in [1.82, 2.24) is 29.8 Å². The minimum Gasteiger partial charge on any atom is -0.363 e. The van der Waals surface area contributed by atoms with Crippen LogP contribution in [-0.4, -0.2) is 63.1 Å². The highest BCUT2D eigenvalue weighted by molar-refractivity contribution is 5.92. The third-order valence-electron chi connectivity index (χ3n) is 5.40. The summed E-state index contributed by atoms with van der Waals surface area (Å²) in [4.78, 5) is 34.3. The molecule has 0 aromatic carbocycles. The Labute approximate surface area is 172 Å². The highest BCUT2D eigenvalue weighted by Gasteiger charge is 2.27. The Kier molecular flexibility index (Phi) is 5.25. The van der Waals surface area contributed by atoms with Crippen LogP contribution in [0.3, 0.4) is 0 Å². The number of piperazine rings is 1. The number of amides is 1. The standard InChI is InChI=1S/C20H24FN7O2/c1-12-9-28-17(24-19(12)29)8-14(25-28)11-26-6-7-27(13(2)10-26)16-5-4-15(20(30)22-3)23-18(16)21/h4-5,8-9,13H,6-7,10-11H2,1-3H3,(H,22,30)(H,24,29). The van der Waals surface area contributed by atoms with E-state index in [1.165, 1.54) is 13.1 Å². The molecule has 3 aromatic rings. The number of H-pyrrole nitrogens is 1. The third kappa shape index (κ3) is 3.78. The van der Waals surface area contributed by atoms with Crippen molar-refractivity contribution in [2.75, 3.05) is 31.6 Å². The largest absolute Gasteiger partial charge is 0.363 e. The number of fused-ring (bicyclic) bond motifs is 1. The summed E-state index contributed by atoms with van der Waals surface area (Å²) in [6.07, 6.45) is 1.72. The minimum absolute atomic E-state index is 0.0555. The second-order valence-electron chi connectivity index (χ2n) is 7.59. The molecule has 1 aliphatic rings. The highest BCUT2D eigenvalue weighted by atomic mass is 19.1. The number of aryl methyl sites for hydroxylation is 1. The van der Waals surface area contributed by atoms with Crippen molar-refractivity contribution in [2.24, 2.45) is 0 Å². The number of rotatable bonds is 4. The molecule has 0 saturated carbocycles. The smallest absolute Gasteiger partial charge is 0.269 e. The van der Waals surface area contributed by atoms with Gasteiger partial charge in [0.05, 0.1) is 11.4 Å². The number of hydrogen-bond donors (Lipinski definition) is 2. The lowest BCUT2D eigenvalue weighted by atomic mass is 10.1. The van der Waals surface area contributed by atoms with E-state index < -0.39 is 11.9 Å². The van der Waals surface area contributed by atoms with Gasteiger partial charge < -0.3 is 15.2 Å². The molecule has 1 atom stereocenters. The highest BCUT2D eigenvalue weighted by Crippen LogP contribution is 2.24. The van der Waals surface area contributed by atoms with Crippen LogP contribution in [0, 0.1) is 12.9 Å². The maximum atomic E-state index is 14.5. The maximum Gasteiger partial charge on any atom is 0.269 e. The summed E-state index contributed by atoms with van der Waals surface area (Å²) in [5.41, 5.74) is 2.48.